The zero-order valence-corrected chi connectivity index (χ0v) is 8.76. The van der Waals surface area contributed by atoms with E-state index in [4.69, 9.17) is 5.73 Å². The zero-order valence-electron chi connectivity index (χ0n) is 8.76. The largest absolute Gasteiger partial charge is 0.416 e. The topological polar surface area (TPSA) is 46.2 Å². The smallest absolute Gasteiger partial charge is 0.388 e. The second kappa shape index (κ2) is 3.68. The monoisotopic (exact) mass is 249 g/mol. The van der Waals surface area contributed by atoms with Crippen LogP contribution >= 0.6 is 0 Å². The second-order valence-corrected chi connectivity index (χ2v) is 4.32. The van der Waals surface area contributed by atoms with Crippen LogP contribution in [0.15, 0.2) is 18.2 Å². The van der Waals surface area contributed by atoms with Gasteiger partial charge in [-0.3, -0.25) is 0 Å². The zero-order chi connectivity index (χ0) is 12.8. The van der Waals surface area contributed by atoms with Crippen LogP contribution in [0.3, 0.4) is 0 Å². The van der Waals surface area contributed by atoms with Gasteiger partial charge in [0, 0.05) is 5.56 Å². The number of rotatable bonds is 2. The quantitative estimate of drug-likeness (QED) is 0.790. The summed E-state index contributed by atoms with van der Waals surface area (Å²) in [5, 5.41) is 9.69. The predicted octanol–water partition coefficient (Wildman–Crippen LogP) is 2.37. The Morgan fingerprint density at radius 2 is 1.88 bits per heavy atom. The minimum Gasteiger partial charge on any atom is -0.388 e. The molecule has 0 aromatic heterocycles. The normalized spacial score (nSPS) is 20.1. The van der Waals surface area contributed by atoms with Gasteiger partial charge < -0.3 is 10.8 Å². The molecule has 1 atom stereocenters. The minimum atomic E-state index is -4.58. The van der Waals surface area contributed by atoms with Crippen molar-refractivity contribution in [3.05, 3.63) is 35.1 Å². The molecule has 1 fully saturated rings. The molecule has 0 unspecified atom stereocenters. The summed E-state index contributed by atoms with van der Waals surface area (Å²) in [4.78, 5) is 0. The van der Waals surface area contributed by atoms with E-state index in [1.807, 2.05) is 0 Å². The highest BCUT2D eigenvalue weighted by Gasteiger charge is 2.47. The van der Waals surface area contributed by atoms with Crippen LogP contribution in [-0.4, -0.2) is 10.7 Å². The molecule has 0 aliphatic heterocycles. The fourth-order valence-electron chi connectivity index (χ4n) is 1.68. The maximum atomic E-state index is 13.5. The summed E-state index contributed by atoms with van der Waals surface area (Å²) in [6, 6.07) is 1.18. The summed E-state index contributed by atoms with van der Waals surface area (Å²) >= 11 is 0. The maximum absolute atomic E-state index is 13.5. The van der Waals surface area contributed by atoms with Crippen molar-refractivity contribution in [1.29, 1.82) is 0 Å². The lowest BCUT2D eigenvalue weighted by Gasteiger charge is -2.19. The van der Waals surface area contributed by atoms with Crippen molar-refractivity contribution in [2.45, 2.75) is 30.7 Å². The summed E-state index contributed by atoms with van der Waals surface area (Å²) in [5.41, 5.74) is 3.31. The first-order chi connectivity index (χ1) is 7.74. The van der Waals surface area contributed by atoms with Crippen LogP contribution in [-0.2, 0) is 6.18 Å². The van der Waals surface area contributed by atoms with Crippen molar-refractivity contribution in [2.24, 2.45) is 5.73 Å². The number of nitrogens with two attached hydrogens (primary N) is 1. The molecule has 0 heterocycles. The van der Waals surface area contributed by atoms with E-state index in [-0.39, 0.29) is 5.56 Å². The van der Waals surface area contributed by atoms with Crippen LogP contribution < -0.4 is 5.73 Å². The predicted molar refractivity (Wildman–Crippen MR) is 52.5 cm³/mol. The van der Waals surface area contributed by atoms with E-state index in [1.165, 1.54) is 0 Å². The molecule has 1 aromatic rings. The molecule has 2 nitrogen and oxygen atoms in total. The summed E-state index contributed by atoms with van der Waals surface area (Å²) in [7, 11) is 0. The summed E-state index contributed by atoms with van der Waals surface area (Å²) in [6.07, 6.45) is -3.71. The third-order valence-electron chi connectivity index (χ3n) is 3.00. The number of benzene rings is 1. The maximum Gasteiger partial charge on any atom is 0.416 e. The molecule has 1 aliphatic carbocycles. The lowest BCUT2D eigenvalue weighted by molar-refractivity contribution is -0.137. The molecule has 17 heavy (non-hydrogen) atoms. The van der Waals surface area contributed by atoms with E-state index in [1.54, 1.807) is 0 Å². The van der Waals surface area contributed by atoms with Crippen LogP contribution in [0, 0.1) is 5.82 Å². The van der Waals surface area contributed by atoms with E-state index >= 15 is 0 Å². The van der Waals surface area contributed by atoms with Gasteiger partial charge in [0.2, 0.25) is 0 Å². The van der Waals surface area contributed by atoms with Crippen LogP contribution in [0.2, 0.25) is 0 Å². The van der Waals surface area contributed by atoms with Crippen LogP contribution in [0.4, 0.5) is 17.6 Å². The molecule has 0 bridgehead atoms. The van der Waals surface area contributed by atoms with E-state index < -0.39 is 29.2 Å². The van der Waals surface area contributed by atoms with E-state index in [9.17, 15) is 22.7 Å². The Bertz CT molecular complexity index is 440. The first-order valence-electron chi connectivity index (χ1n) is 5.09. The molecular formula is C11H11F4NO. The molecule has 1 aliphatic rings. The van der Waals surface area contributed by atoms with Gasteiger partial charge in [0.05, 0.1) is 17.2 Å². The Balaban J connectivity index is 2.32. The van der Waals surface area contributed by atoms with Gasteiger partial charge in [-0.15, -0.1) is 0 Å². The van der Waals surface area contributed by atoms with Crippen molar-refractivity contribution in [3.63, 3.8) is 0 Å². The SMILES string of the molecule is N[C@H](c1ccc(C(F)(F)F)cc1F)C1(O)CC1. The van der Waals surface area contributed by atoms with Gasteiger partial charge in [0.15, 0.2) is 0 Å². The van der Waals surface area contributed by atoms with Gasteiger partial charge in [-0.2, -0.15) is 13.2 Å². The fraction of sp³-hybridized carbons (Fsp3) is 0.455. The third-order valence-corrected chi connectivity index (χ3v) is 3.00. The van der Waals surface area contributed by atoms with Gasteiger partial charge in [0.25, 0.3) is 0 Å². The Kier molecular flexibility index (Phi) is 2.67. The van der Waals surface area contributed by atoms with Crippen LogP contribution in [0.1, 0.15) is 30.0 Å². The first-order valence-corrected chi connectivity index (χ1v) is 5.09. The highest BCUT2D eigenvalue weighted by Crippen LogP contribution is 2.45. The Morgan fingerprint density at radius 1 is 1.29 bits per heavy atom. The van der Waals surface area contributed by atoms with Gasteiger partial charge in [0.1, 0.15) is 5.82 Å². The average molecular weight is 249 g/mol. The minimum absolute atomic E-state index is 0.0852. The number of alkyl halides is 3. The molecule has 1 aromatic carbocycles. The van der Waals surface area contributed by atoms with Gasteiger partial charge in [-0.25, -0.2) is 4.39 Å². The van der Waals surface area contributed by atoms with Crippen molar-refractivity contribution < 1.29 is 22.7 Å². The first kappa shape index (κ1) is 12.3. The molecule has 0 spiro atoms. The molecular weight excluding hydrogens is 238 g/mol. The highest BCUT2D eigenvalue weighted by atomic mass is 19.4. The van der Waals surface area contributed by atoms with Crippen molar-refractivity contribution >= 4 is 0 Å². The summed E-state index contributed by atoms with van der Waals surface area (Å²) in [5.74, 6) is -1.03. The molecule has 0 radical (unpaired) electrons. The molecule has 2 rings (SSSR count). The number of hydrogen-bond donors (Lipinski definition) is 2. The summed E-state index contributed by atoms with van der Waals surface area (Å²) < 4.78 is 50.4. The molecule has 1 saturated carbocycles. The molecule has 94 valence electrons. The van der Waals surface area contributed by atoms with Gasteiger partial charge in [-0.1, -0.05) is 6.07 Å². The third kappa shape index (κ3) is 2.28. The van der Waals surface area contributed by atoms with E-state index in [2.05, 4.69) is 0 Å². The van der Waals surface area contributed by atoms with Crippen molar-refractivity contribution in [3.8, 4) is 0 Å². The van der Waals surface area contributed by atoms with Crippen LogP contribution in [0.5, 0.6) is 0 Å². The average Bonchev–Trinajstić information content (AvgIpc) is 2.95. The lowest BCUT2D eigenvalue weighted by Crippen LogP contribution is -2.28. The van der Waals surface area contributed by atoms with Gasteiger partial charge in [-0.05, 0) is 25.0 Å². The van der Waals surface area contributed by atoms with Crippen molar-refractivity contribution in [1.82, 2.24) is 0 Å². The Hall–Kier alpha value is -1.14. The van der Waals surface area contributed by atoms with Gasteiger partial charge >= 0.3 is 6.18 Å². The van der Waals surface area contributed by atoms with E-state index in [0.29, 0.717) is 18.9 Å². The molecule has 0 amide bonds. The Labute approximate surface area is 95.0 Å². The number of hydrogen-bond acceptors (Lipinski definition) is 2. The van der Waals surface area contributed by atoms with E-state index in [0.717, 1.165) is 12.1 Å². The standard InChI is InChI=1S/C11H11F4NO/c12-8-5-6(11(13,14)15)1-2-7(8)9(16)10(17)3-4-10/h1-2,5,9,17H,3-4,16H2/t9-/m1/s1. The van der Waals surface area contributed by atoms with Crippen LogP contribution in [0.25, 0.3) is 0 Å². The Morgan fingerprint density at radius 3 is 2.29 bits per heavy atom. The molecule has 0 saturated heterocycles. The van der Waals surface area contributed by atoms with Crippen molar-refractivity contribution in [2.75, 3.05) is 0 Å². The molecule has 6 heteroatoms. The fourth-order valence-corrected chi connectivity index (χ4v) is 1.68. The number of halogens is 4. The molecule has 3 N–H and O–H groups in total. The second-order valence-electron chi connectivity index (χ2n) is 4.32. The lowest BCUT2D eigenvalue weighted by atomic mass is 9.98. The number of aliphatic hydroxyl groups is 1. The highest BCUT2D eigenvalue weighted by molar-refractivity contribution is 5.31. The summed E-state index contributed by atoms with van der Waals surface area (Å²) in [6.45, 7) is 0.